The second kappa shape index (κ2) is 4.31. The molecule has 2 rings (SSSR count). The largest absolute Gasteiger partial charge is 0.397 e. The van der Waals surface area contributed by atoms with Crippen LogP contribution in [-0.2, 0) is 0 Å². The zero-order valence-corrected chi connectivity index (χ0v) is 10.0. The number of hydrogen-bond donors (Lipinski definition) is 1. The number of rotatable bonds is 1. The highest BCUT2D eigenvalue weighted by atomic mass is 32.2. The van der Waals surface area contributed by atoms with Crippen molar-refractivity contribution in [2.75, 3.05) is 28.7 Å². The molecule has 1 aliphatic heterocycles. The second-order valence-corrected chi connectivity index (χ2v) is 5.17. The Morgan fingerprint density at radius 3 is 3.07 bits per heavy atom. The SMILES string of the molecule is Cc1cc(N2CCSCC2C)ncc1N. The van der Waals surface area contributed by atoms with Crippen LogP contribution in [0, 0.1) is 6.92 Å². The topological polar surface area (TPSA) is 42.2 Å². The molecule has 1 atom stereocenters. The van der Waals surface area contributed by atoms with Crippen LogP contribution in [0.5, 0.6) is 0 Å². The average molecular weight is 223 g/mol. The molecule has 3 nitrogen and oxygen atoms in total. The molecule has 4 heteroatoms. The molecule has 0 saturated carbocycles. The lowest BCUT2D eigenvalue weighted by Crippen LogP contribution is -2.40. The summed E-state index contributed by atoms with van der Waals surface area (Å²) in [5, 5.41) is 0. The van der Waals surface area contributed by atoms with Crippen molar-refractivity contribution in [3.05, 3.63) is 17.8 Å². The summed E-state index contributed by atoms with van der Waals surface area (Å²) in [5.41, 5.74) is 7.66. The minimum absolute atomic E-state index is 0.569. The van der Waals surface area contributed by atoms with Gasteiger partial charge in [-0.1, -0.05) is 0 Å². The summed E-state index contributed by atoms with van der Waals surface area (Å²) in [5.74, 6) is 3.44. The molecular formula is C11H17N3S. The molecule has 15 heavy (non-hydrogen) atoms. The molecule has 0 aliphatic carbocycles. The molecule has 1 saturated heterocycles. The van der Waals surface area contributed by atoms with E-state index in [1.54, 1.807) is 6.20 Å². The Morgan fingerprint density at radius 2 is 2.40 bits per heavy atom. The van der Waals surface area contributed by atoms with Gasteiger partial charge in [-0.05, 0) is 25.5 Å². The van der Waals surface area contributed by atoms with Crippen molar-refractivity contribution in [1.82, 2.24) is 4.98 Å². The number of anilines is 2. The van der Waals surface area contributed by atoms with Crippen molar-refractivity contribution in [1.29, 1.82) is 0 Å². The van der Waals surface area contributed by atoms with E-state index in [0.717, 1.165) is 23.6 Å². The Kier molecular flexibility index (Phi) is 3.05. The molecule has 0 radical (unpaired) electrons. The van der Waals surface area contributed by atoms with Gasteiger partial charge in [-0.15, -0.1) is 0 Å². The number of nitrogen functional groups attached to an aromatic ring is 1. The Bertz CT molecular complexity index is 354. The van der Waals surface area contributed by atoms with Gasteiger partial charge in [-0.3, -0.25) is 0 Å². The summed E-state index contributed by atoms with van der Waals surface area (Å²) in [6.07, 6.45) is 1.76. The number of aromatic nitrogens is 1. The molecule has 1 aromatic heterocycles. The third kappa shape index (κ3) is 2.20. The lowest BCUT2D eigenvalue weighted by atomic mass is 10.2. The van der Waals surface area contributed by atoms with Crippen LogP contribution < -0.4 is 10.6 Å². The van der Waals surface area contributed by atoms with E-state index < -0.39 is 0 Å². The van der Waals surface area contributed by atoms with Crippen LogP contribution in [0.15, 0.2) is 12.3 Å². The molecule has 82 valence electrons. The third-order valence-corrected chi connectivity index (χ3v) is 3.99. The molecule has 2 N–H and O–H groups in total. The highest BCUT2D eigenvalue weighted by Crippen LogP contribution is 2.24. The van der Waals surface area contributed by atoms with E-state index in [1.165, 1.54) is 11.5 Å². The molecule has 1 unspecified atom stereocenters. The van der Waals surface area contributed by atoms with E-state index in [-0.39, 0.29) is 0 Å². The maximum atomic E-state index is 5.77. The van der Waals surface area contributed by atoms with Crippen LogP contribution in [0.3, 0.4) is 0 Å². The second-order valence-electron chi connectivity index (χ2n) is 4.02. The van der Waals surface area contributed by atoms with E-state index in [0.29, 0.717) is 6.04 Å². The molecule has 0 spiro atoms. The fraction of sp³-hybridized carbons (Fsp3) is 0.545. The molecule has 1 aliphatic rings. The van der Waals surface area contributed by atoms with Gasteiger partial charge in [0.25, 0.3) is 0 Å². The van der Waals surface area contributed by atoms with Gasteiger partial charge < -0.3 is 10.6 Å². The van der Waals surface area contributed by atoms with Crippen LogP contribution in [0.2, 0.25) is 0 Å². The van der Waals surface area contributed by atoms with Crippen molar-refractivity contribution >= 4 is 23.3 Å². The maximum absolute atomic E-state index is 5.77. The number of nitrogens with zero attached hydrogens (tertiary/aromatic N) is 2. The van der Waals surface area contributed by atoms with Gasteiger partial charge in [-0.2, -0.15) is 11.8 Å². The molecule has 2 heterocycles. The third-order valence-electron chi connectivity index (χ3n) is 2.80. The lowest BCUT2D eigenvalue weighted by Gasteiger charge is -2.34. The van der Waals surface area contributed by atoms with Gasteiger partial charge in [0.05, 0.1) is 11.9 Å². The van der Waals surface area contributed by atoms with E-state index in [2.05, 4.69) is 22.9 Å². The first kappa shape index (κ1) is 10.6. The summed E-state index contributed by atoms with van der Waals surface area (Å²) < 4.78 is 0. The zero-order valence-electron chi connectivity index (χ0n) is 9.23. The van der Waals surface area contributed by atoms with Crippen LogP contribution >= 0.6 is 11.8 Å². The number of hydrogen-bond acceptors (Lipinski definition) is 4. The van der Waals surface area contributed by atoms with Crippen molar-refractivity contribution in [3.8, 4) is 0 Å². The normalized spacial score (nSPS) is 21.7. The molecule has 0 aromatic carbocycles. The van der Waals surface area contributed by atoms with Crippen molar-refractivity contribution in [2.45, 2.75) is 19.9 Å². The van der Waals surface area contributed by atoms with Gasteiger partial charge >= 0.3 is 0 Å². The van der Waals surface area contributed by atoms with Crippen LogP contribution in [0.4, 0.5) is 11.5 Å². The summed E-state index contributed by atoms with van der Waals surface area (Å²) in [4.78, 5) is 6.77. The number of aryl methyl sites for hydroxylation is 1. The summed E-state index contributed by atoms with van der Waals surface area (Å²) in [6.45, 7) is 5.37. The Morgan fingerprint density at radius 1 is 1.60 bits per heavy atom. The minimum Gasteiger partial charge on any atom is -0.397 e. The zero-order chi connectivity index (χ0) is 10.8. The molecule has 0 amide bonds. The first-order chi connectivity index (χ1) is 7.18. The summed E-state index contributed by atoms with van der Waals surface area (Å²) >= 11 is 2.01. The van der Waals surface area contributed by atoms with E-state index >= 15 is 0 Å². The average Bonchev–Trinajstić information content (AvgIpc) is 2.23. The Labute approximate surface area is 95.1 Å². The fourth-order valence-corrected chi connectivity index (χ4v) is 2.79. The number of nitrogens with two attached hydrogens (primary N) is 1. The van der Waals surface area contributed by atoms with Crippen molar-refractivity contribution in [2.24, 2.45) is 0 Å². The molecule has 1 fully saturated rings. The maximum Gasteiger partial charge on any atom is 0.129 e. The quantitative estimate of drug-likeness (QED) is 0.790. The Balaban J connectivity index is 2.24. The summed E-state index contributed by atoms with van der Waals surface area (Å²) in [7, 11) is 0. The minimum atomic E-state index is 0.569. The highest BCUT2D eigenvalue weighted by molar-refractivity contribution is 7.99. The van der Waals surface area contributed by atoms with E-state index in [1.807, 2.05) is 18.7 Å². The summed E-state index contributed by atoms with van der Waals surface area (Å²) in [6, 6.07) is 2.65. The molecular weight excluding hydrogens is 206 g/mol. The van der Waals surface area contributed by atoms with Crippen molar-refractivity contribution in [3.63, 3.8) is 0 Å². The lowest BCUT2D eigenvalue weighted by molar-refractivity contribution is 0.689. The first-order valence-corrected chi connectivity index (χ1v) is 6.40. The molecule has 0 bridgehead atoms. The standard InChI is InChI=1S/C11H17N3S/c1-8-5-11(13-6-10(8)12)14-3-4-15-7-9(14)2/h5-6,9H,3-4,7,12H2,1-2H3. The van der Waals surface area contributed by atoms with Gasteiger partial charge in [0.15, 0.2) is 0 Å². The van der Waals surface area contributed by atoms with Crippen molar-refractivity contribution < 1.29 is 0 Å². The Hall–Kier alpha value is -0.900. The van der Waals surface area contributed by atoms with E-state index in [4.69, 9.17) is 5.73 Å². The number of thioether (sulfide) groups is 1. The fourth-order valence-electron chi connectivity index (χ4n) is 1.78. The van der Waals surface area contributed by atoms with Gasteiger partial charge in [0.2, 0.25) is 0 Å². The highest BCUT2D eigenvalue weighted by Gasteiger charge is 2.19. The van der Waals surface area contributed by atoms with Crippen LogP contribution in [0.25, 0.3) is 0 Å². The first-order valence-electron chi connectivity index (χ1n) is 5.25. The van der Waals surface area contributed by atoms with Gasteiger partial charge in [-0.25, -0.2) is 4.98 Å². The predicted octanol–water partition coefficient (Wildman–Crippen LogP) is 1.91. The predicted molar refractivity (Wildman–Crippen MR) is 67.5 cm³/mol. The van der Waals surface area contributed by atoms with Gasteiger partial charge in [0, 0.05) is 24.1 Å². The van der Waals surface area contributed by atoms with Crippen LogP contribution in [-0.4, -0.2) is 29.1 Å². The smallest absolute Gasteiger partial charge is 0.129 e. The monoisotopic (exact) mass is 223 g/mol. The number of pyridine rings is 1. The molecule has 1 aromatic rings. The van der Waals surface area contributed by atoms with Gasteiger partial charge in [0.1, 0.15) is 5.82 Å². The van der Waals surface area contributed by atoms with Crippen LogP contribution in [0.1, 0.15) is 12.5 Å². The van der Waals surface area contributed by atoms with E-state index in [9.17, 15) is 0 Å².